The van der Waals surface area contributed by atoms with Crippen molar-refractivity contribution in [3.05, 3.63) is 51.2 Å². The summed E-state index contributed by atoms with van der Waals surface area (Å²) in [4.78, 5) is 45.8. The van der Waals surface area contributed by atoms with Gasteiger partial charge in [0.2, 0.25) is 0 Å². The van der Waals surface area contributed by atoms with Gasteiger partial charge in [-0.25, -0.2) is 15.0 Å². The predicted octanol–water partition coefficient (Wildman–Crippen LogP) is 6.08. The highest BCUT2D eigenvalue weighted by molar-refractivity contribution is 9.10. The van der Waals surface area contributed by atoms with E-state index >= 15 is 0 Å². The highest BCUT2D eigenvalue weighted by atomic mass is 79.9. The van der Waals surface area contributed by atoms with Crippen molar-refractivity contribution in [1.82, 2.24) is 24.8 Å². The number of halogens is 4. The number of carbonyl (C=O) groups excluding carboxylic acids is 2. The van der Waals surface area contributed by atoms with Crippen LogP contribution in [0.5, 0.6) is 0 Å². The Morgan fingerprint density at radius 3 is 2.54 bits per heavy atom. The number of anilines is 2. The van der Waals surface area contributed by atoms with Gasteiger partial charge in [0.15, 0.2) is 5.13 Å². The molecule has 0 saturated carbocycles. The summed E-state index contributed by atoms with van der Waals surface area (Å²) in [6.45, 7) is 10.5. The van der Waals surface area contributed by atoms with Crippen molar-refractivity contribution < 1.29 is 27.5 Å². The van der Waals surface area contributed by atoms with Gasteiger partial charge in [0, 0.05) is 59.7 Å². The Labute approximate surface area is 278 Å². The zero-order valence-corrected chi connectivity index (χ0v) is 28.3. The third kappa shape index (κ3) is 8.41. The lowest BCUT2D eigenvalue weighted by molar-refractivity contribution is -0.143. The number of ether oxygens (including phenoxy) is 1. The molecule has 4 heterocycles. The number of benzene rings is 1. The Morgan fingerprint density at radius 2 is 1.89 bits per heavy atom. The van der Waals surface area contributed by atoms with Gasteiger partial charge in [-0.05, 0) is 58.4 Å². The predicted molar refractivity (Wildman–Crippen MR) is 174 cm³/mol. The maximum atomic E-state index is 13.6. The molecule has 1 N–H and O–H groups in total. The zero-order chi connectivity index (χ0) is 33.0. The number of aromatic nitrogens is 3. The molecular formula is C31H37BrF3N7O3S. The average molecular weight is 725 g/mol. The normalized spacial score (nSPS) is 19.4. The minimum Gasteiger partial charge on any atom is -0.466 e. The molecule has 3 aromatic rings. The van der Waals surface area contributed by atoms with E-state index in [4.69, 9.17) is 4.74 Å². The van der Waals surface area contributed by atoms with Gasteiger partial charge in [0.25, 0.3) is 5.91 Å². The van der Waals surface area contributed by atoms with Crippen molar-refractivity contribution >= 4 is 50.1 Å². The van der Waals surface area contributed by atoms with Crippen LogP contribution in [0.25, 0.3) is 11.3 Å². The summed E-state index contributed by atoms with van der Waals surface area (Å²) in [5.74, 6) is -0.0723. The first kappa shape index (κ1) is 34.2. The van der Waals surface area contributed by atoms with Gasteiger partial charge in [0.05, 0.1) is 36.7 Å². The van der Waals surface area contributed by atoms with E-state index in [-0.39, 0.29) is 22.8 Å². The molecule has 5 rings (SSSR count). The van der Waals surface area contributed by atoms with Gasteiger partial charge >= 0.3 is 12.1 Å². The second-order valence-corrected chi connectivity index (χ2v) is 13.6. The molecule has 2 aliphatic rings. The van der Waals surface area contributed by atoms with Crippen molar-refractivity contribution in [2.24, 2.45) is 0 Å². The van der Waals surface area contributed by atoms with Crippen molar-refractivity contribution in [3.8, 4) is 11.3 Å². The average Bonchev–Trinajstić information content (AvgIpc) is 3.61. The Balaban J connectivity index is 1.28. The molecule has 10 nitrogen and oxygen atoms in total. The van der Waals surface area contributed by atoms with E-state index < -0.39 is 17.6 Å². The van der Waals surface area contributed by atoms with Gasteiger partial charge in [-0.15, -0.1) is 0 Å². The summed E-state index contributed by atoms with van der Waals surface area (Å²) < 4.78 is 46.2. The quantitative estimate of drug-likeness (QED) is 0.249. The van der Waals surface area contributed by atoms with E-state index in [9.17, 15) is 22.8 Å². The van der Waals surface area contributed by atoms with E-state index in [1.54, 1.807) is 19.2 Å². The molecule has 248 valence electrons. The number of nitrogens with zero attached hydrogens (tertiary/aromatic N) is 6. The number of carbonyl (C=O) groups is 2. The first-order valence-corrected chi connectivity index (χ1v) is 16.9. The number of hydrogen-bond acceptors (Lipinski definition) is 10. The van der Waals surface area contributed by atoms with Gasteiger partial charge in [-0.3, -0.25) is 24.7 Å². The number of piperazine rings is 1. The van der Waals surface area contributed by atoms with Crippen molar-refractivity contribution in [2.45, 2.75) is 64.8 Å². The fraction of sp³-hybridized carbons (Fsp3) is 0.516. The molecule has 1 aromatic carbocycles. The van der Waals surface area contributed by atoms with Gasteiger partial charge < -0.3 is 9.64 Å². The topological polar surface area (TPSA) is 104 Å². The van der Waals surface area contributed by atoms with Crippen LogP contribution in [0.3, 0.4) is 0 Å². The van der Waals surface area contributed by atoms with Crippen LogP contribution < -0.4 is 10.2 Å². The molecule has 0 radical (unpaired) electrons. The lowest BCUT2D eigenvalue weighted by atomic mass is 10.1. The number of likely N-dealkylation sites (tertiary alicyclic amines) is 1. The van der Waals surface area contributed by atoms with E-state index in [1.165, 1.54) is 17.5 Å². The van der Waals surface area contributed by atoms with E-state index in [0.29, 0.717) is 66.8 Å². The van der Waals surface area contributed by atoms with Crippen LogP contribution in [0, 0.1) is 0 Å². The minimum atomic E-state index is -4.52. The van der Waals surface area contributed by atoms with E-state index in [1.807, 2.05) is 0 Å². The van der Waals surface area contributed by atoms with Crippen LogP contribution in [0.4, 0.5) is 24.1 Å². The van der Waals surface area contributed by atoms with Crippen molar-refractivity contribution in [3.63, 3.8) is 0 Å². The fourth-order valence-corrected chi connectivity index (χ4v) is 7.30. The minimum absolute atomic E-state index is 0.0955. The Hall–Kier alpha value is -3.14. The molecule has 15 heteroatoms. The van der Waals surface area contributed by atoms with Crippen LogP contribution in [0.1, 0.15) is 61.0 Å². The fourth-order valence-electron chi connectivity index (χ4n) is 5.81. The van der Waals surface area contributed by atoms with Gasteiger partial charge in [0.1, 0.15) is 11.5 Å². The van der Waals surface area contributed by atoms with Gasteiger partial charge in [-0.1, -0.05) is 27.3 Å². The summed E-state index contributed by atoms with van der Waals surface area (Å²) in [6, 6.07) is 4.26. The lowest BCUT2D eigenvalue weighted by Gasteiger charge is -2.40. The SMILES string of the molecule is CCOC(=O)CCN1CCN(c2cnc(C(=O)Nc3nc(-c4cc(Br)cc(C(F)(F)F)c4)c(CN4CCC[C@H]4C)s3)cn2)CC1C. The Bertz CT molecular complexity index is 1540. The molecule has 2 aliphatic heterocycles. The molecule has 0 bridgehead atoms. The molecule has 0 aliphatic carbocycles. The third-order valence-electron chi connectivity index (χ3n) is 8.32. The molecular weight excluding hydrogens is 687 g/mol. The van der Waals surface area contributed by atoms with E-state index in [2.05, 4.69) is 64.7 Å². The summed E-state index contributed by atoms with van der Waals surface area (Å²) in [5.41, 5.74) is 0.0414. The number of esters is 1. The first-order valence-electron chi connectivity index (χ1n) is 15.3. The summed E-state index contributed by atoms with van der Waals surface area (Å²) in [7, 11) is 0. The summed E-state index contributed by atoms with van der Waals surface area (Å²) in [5, 5.41) is 3.06. The number of alkyl halides is 3. The number of nitrogens with one attached hydrogen (secondary N) is 1. The third-order valence-corrected chi connectivity index (χ3v) is 9.74. The number of thiazole rings is 1. The maximum absolute atomic E-state index is 13.6. The second-order valence-electron chi connectivity index (χ2n) is 11.6. The summed E-state index contributed by atoms with van der Waals surface area (Å²) >= 11 is 4.47. The largest absolute Gasteiger partial charge is 0.466 e. The van der Waals surface area contributed by atoms with Crippen molar-refractivity contribution in [1.29, 1.82) is 0 Å². The Kier molecular flexibility index (Phi) is 11.0. The monoisotopic (exact) mass is 723 g/mol. The molecule has 2 saturated heterocycles. The standard InChI is InChI=1S/C31H37BrF3N7O3S/c1-4-45-27(43)7-9-40-10-11-42(17-20(40)3)26-16-36-24(15-37-26)29(44)39-30-38-28(25(46-30)18-41-8-5-6-19(41)2)21-12-22(31(33,34)35)14-23(32)13-21/h12-16,19-20H,4-11,17-18H2,1-3H3,(H,38,39,44)/t19-,20?/m1/s1. The van der Waals surface area contributed by atoms with Crippen LogP contribution in [-0.2, 0) is 22.3 Å². The molecule has 2 atom stereocenters. The first-order chi connectivity index (χ1) is 21.9. The van der Waals surface area contributed by atoms with Crippen LogP contribution in [0.2, 0.25) is 0 Å². The lowest BCUT2D eigenvalue weighted by Crippen LogP contribution is -2.52. The maximum Gasteiger partial charge on any atom is 0.416 e. The molecule has 46 heavy (non-hydrogen) atoms. The Morgan fingerprint density at radius 1 is 1.09 bits per heavy atom. The smallest absolute Gasteiger partial charge is 0.416 e. The molecule has 0 spiro atoms. The number of hydrogen-bond donors (Lipinski definition) is 1. The summed E-state index contributed by atoms with van der Waals surface area (Å²) in [6.07, 6.45) is 0.893. The van der Waals surface area contributed by atoms with Crippen molar-refractivity contribution in [2.75, 3.05) is 49.5 Å². The molecule has 1 amide bonds. The number of amides is 1. The van der Waals surface area contributed by atoms with Gasteiger partial charge in [-0.2, -0.15) is 13.2 Å². The highest BCUT2D eigenvalue weighted by Crippen LogP contribution is 2.39. The van der Waals surface area contributed by atoms with Crippen LogP contribution in [-0.4, -0.2) is 88.0 Å². The highest BCUT2D eigenvalue weighted by Gasteiger charge is 2.32. The molecule has 1 unspecified atom stereocenters. The number of rotatable bonds is 10. The van der Waals surface area contributed by atoms with E-state index in [0.717, 1.165) is 42.9 Å². The molecule has 2 fully saturated rings. The van der Waals surface area contributed by atoms with Crippen LogP contribution in [0.15, 0.2) is 35.1 Å². The van der Waals surface area contributed by atoms with Crippen LogP contribution >= 0.6 is 27.3 Å². The molecule has 2 aromatic heterocycles. The second kappa shape index (κ2) is 14.7. The zero-order valence-electron chi connectivity index (χ0n) is 25.9.